The summed E-state index contributed by atoms with van der Waals surface area (Å²) in [6.45, 7) is 3.76. The van der Waals surface area contributed by atoms with Crippen molar-refractivity contribution in [3.63, 3.8) is 0 Å². The van der Waals surface area contributed by atoms with Crippen molar-refractivity contribution in [3.05, 3.63) is 0 Å². The Hall–Kier alpha value is -0.0800. The van der Waals surface area contributed by atoms with Crippen molar-refractivity contribution >= 4 is 0 Å². The first kappa shape index (κ1) is 10.4. The van der Waals surface area contributed by atoms with Crippen LogP contribution in [0.5, 0.6) is 0 Å². The molecule has 0 bridgehead atoms. The molecule has 1 aliphatic carbocycles. The van der Waals surface area contributed by atoms with E-state index in [1.54, 1.807) is 0 Å². The average Bonchev–Trinajstić information content (AvgIpc) is 2.68. The van der Waals surface area contributed by atoms with E-state index < -0.39 is 0 Å². The normalized spacial score (nSPS) is 34.9. The van der Waals surface area contributed by atoms with Crippen molar-refractivity contribution in [2.75, 3.05) is 13.2 Å². The van der Waals surface area contributed by atoms with Gasteiger partial charge in [-0.2, -0.15) is 0 Å². The van der Waals surface area contributed by atoms with Gasteiger partial charge in [-0.1, -0.05) is 32.1 Å². The molecule has 2 rings (SSSR count). The fraction of sp³-hybridized carbons (Fsp3) is 1.00. The predicted octanol–water partition coefficient (Wildman–Crippen LogP) is 2.97. The zero-order valence-electron chi connectivity index (χ0n) is 9.21. The van der Waals surface area contributed by atoms with E-state index >= 15 is 0 Å². The molecular weight excluding hydrogens is 176 g/mol. The summed E-state index contributed by atoms with van der Waals surface area (Å²) in [5.41, 5.74) is 0. The molecule has 1 heterocycles. The van der Waals surface area contributed by atoms with E-state index in [-0.39, 0.29) is 6.29 Å². The molecule has 14 heavy (non-hydrogen) atoms. The quantitative estimate of drug-likeness (QED) is 0.694. The van der Waals surface area contributed by atoms with Crippen LogP contribution in [-0.4, -0.2) is 19.5 Å². The summed E-state index contributed by atoms with van der Waals surface area (Å²) in [6.07, 6.45) is 8.39. The first-order valence-corrected chi connectivity index (χ1v) is 6.13. The molecule has 0 aromatic carbocycles. The third kappa shape index (κ3) is 2.48. The maximum Gasteiger partial charge on any atom is 0.157 e. The molecule has 1 saturated carbocycles. The smallest absolute Gasteiger partial charge is 0.157 e. The lowest BCUT2D eigenvalue weighted by Gasteiger charge is -2.26. The van der Waals surface area contributed by atoms with Crippen LogP contribution in [0.15, 0.2) is 0 Å². The highest BCUT2D eigenvalue weighted by atomic mass is 16.7. The second-order valence-electron chi connectivity index (χ2n) is 4.61. The summed E-state index contributed by atoms with van der Waals surface area (Å²) in [5, 5.41) is 0. The van der Waals surface area contributed by atoms with Crippen molar-refractivity contribution in [2.24, 2.45) is 11.8 Å². The van der Waals surface area contributed by atoms with E-state index in [4.69, 9.17) is 9.47 Å². The minimum atomic E-state index is 0.104. The van der Waals surface area contributed by atoms with Crippen LogP contribution in [0.3, 0.4) is 0 Å². The molecule has 0 aromatic heterocycles. The number of rotatable bonds is 3. The Kier molecular flexibility index (Phi) is 3.82. The van der Waals surface area contributed by atoms with Gasteiger partial charge in [-0.05, 0) is 18.8 Å². The van der Waals surface area contributed by atoms with Gasteiger partial charge in [0.2, 0.25) is 0 Å². The van der Waals surface area contributed by atoms with Gasteiger partial charge in [0, 0.05) is 13.0 Å². The summed E-state index contributed by atoms with van der Waals surface area (Å²) in [4.78, 5) is 0. The Morgan fingerprint density at radius 1 is 1.14 bits per heavy atom. The number of hydrogen-bond acceptors (Lipinski definition) is 2. The summed E-state index contributed by atoms with van der Waals surface area (Å²) >= 11 is 0. The molecule has 0 aromatic rings. The molecule has 0 amide bonds. The molecule has 2 fully saturated rings. The van der Waals surface area contributed by atoms with Crippen molar-refractivity contribution < 1.29 is 9.47 Å². The van der Waals surface area contributed by atoms with Gasteiger partial charge in [0.05, 0.1) is 6.61 Å². The second-order valence-corrected chi connectivity index (χ2v) is 4.61. The van der Waals surface area contributed by atoms with E-state index in [9.17, 15) is 0 Å². The van der Waals surface area contributed by atoms with Crippen molar-refractivity contribution in [2.45, 2.75) is 51.7 Å². The lowest BCUT2D eigenvalue weighted by Crippen LogP contribution is -2.18. The van der Waals surface area contributed by atoms with Crippen LogP contribution in [0.2, 0.25) is 0 Å². The molecule has 2 atom stereocenters. The first-order valence-electron chi connectivity index (χ1n) is 6.13. The third-order valence-corrected chi connectivity index (χ3v) is 3.66. The Bertz CT molecular complexity index is 164. The maximum atomic E-state index is 5.64. The topological polar surface area (TPSA) is 18.5 Å². The van der Waals surface area contributed by atoms with Gasteiger partial charge < -0.3 is 9.47 Å². The monoisotopic (exact) mass is 198 g/mol. The van der Waals surface area contributed by atoms with Crippen LogP contribution >= 0.6 is 0 Å². The minimum absolute atomic E-state index is 0.104. The zero-order chi connectivity index (χ0) is 9.80. The second kappa shape index (κ2) is 5.13. The molecule has 1 saturated heterocycles. The SMILES string of the molecule is CCO[C@H]1C[C@H](C2CCCCC2)CO1. The minimum Gasteiger partial charge on any atom is -0.353 e. The predicted molar refractivity (Wildman–Crippen MR) is 56.0 cm³/mol. The maximum absolute atomic E-state index is 5.64. The van der Waals surface area contributed by atoms with Crippen LogP contribution in [0.25, 0.3) is 0 Å². The molecule has 82 valence electrons. The van der Waals surface area contributed by atoms with Crippen LogP contribution in [0, 0.1) is 11.8 Å². The Morgan fingerprint density at radius 2 is 1.93 bits per heavy atom. The lowest BCUT2D eigenvalue weighted by atomic mass is 9.79. The fourth-order valence-corrected chi connectivity index (χ4v) is 2.85. The zero-order valence-corrected chi connectivity index (χ0v) is 9.21. The van der Waals surface area contributed by atoms with Gasteiger partial charge in [0.25, 0.3) is 0 Å². The lowest BCUT2D eigenvalue weighted by molar-refractivity contribution is -0.106. The summed E-state index contributed by atoms with van der Waals surface area (Å²) in [5.74, 6) is 1.71. The van der Waals surface area contributed by atoms with Gasteiger partial charge in [0.15, 0.2) is 6.29 Å². The Labute approximate surface area is 87.0 Å². The molecule has 2 nitrogen and oxygen atoms in total. The third-order valence-electron chi connectivity index (χ3n) is 3.66. The van der Waals surface area contributed by atoms with Gasteiger partial charge >= 0.3 is 0 Å². The molecule has 0 radical (unpaired) electrons. The molecule has 0 spiro atoms. The van der Waals surface area contributed by atoms with Gasteiger partial charge in [0.1, 0.15) is 0 Å². The summed E-state index contributed by atoms with van der Waals surface area (Å²) < 4.78 is 11.1. The molecule has 2 heteroatoms. The highest BCUT2D eigenvalue weighted by molar-refractivity contribution is 4.78. The number of ether oxygens (including phenoxy) is 2. The van der Waals surface area contributed by atoms with E-state index in [0.717, 1.165) is 31.5 Å². The van der Waals surface area contributed by atoms with Crippen molar-refractivity contribution in [3.8, 4) is 0 Å². The van der Waals surface area contributed by atoms with E-state index in [1.807, 2.05) is 6.92 Å². The van der Waals surface area contributed by atoms with Crippen molar-refractivity contribution in [1.82, 2.24) is 0 Å². The summed E-state index contributed by atoms with van der Waals surface area (Å²) in [6, 6.07) is 0. The fourth-order valence-electron chi connectivity index (χ4n) is 2.85. The van der Waals surface area contributed by atoms with Crippen LogP contribution < -0.4 is 0 Å². The highest BCUT2D eigenvalue weighted by Gasteiger charge is 2.32. The first-order chi connectivity index (χ1) is 6.90. The van der Waals surface area contributed by atoms with E-state index in [2.05, 4.69) is 0 Å². The molecule has 1 aliphatic heterocycles. The molecule has 0 unspecified atom stereocenters. The molecule has 2 aliphatic rings. The van der Waals surface area contributed by atoms with Gasteiger partial charge in [-0.15, -0.1) is 0 Å². The van der Waals surface area contributed by atoms with Crippen LogP contribution in [-0.2, 0) is 9.47 Å². The van der Waals surface area contributed by atoms with E-state index in [0.29, 0.717) is 0 Å². The Morgan fingerprint density at radius 3 is 2.64 bits per heavy atom. The number of hydrogen-bond donors (Lipinski definition) is 0. The largest absolute Gasteiger partial charge is 0.353 e. The molecular formula is C12H22O2. The van der Waals surface area contributed by atoms with Gasteiger partial charge in [-0.3, -0.25) is 0 Å². The highest BCUT2D eigenvalue weighted by Crippen LogP contribution is 2.36. The standard InChI is InChI=1S/C12H22O2/c1-2-13-12-8-11(9-14-12)10-6-4-3-5-7-10/h10-12H,2-9H2,1H3/t11-,12+/m0/s1. The van der Waals surface area contributed by atoms with Gasteiger partial charge in [-0.25, -0.2) is 0 Å². The average molecular weight is 198 g/mol. The molecule has 0 N–H and O–H groups in total. The van der Waals surface area contributed by atoms with E-state index in [1.165, 1.54) is 32.1 Å². The summed E-state index contributed by atoms with van der Waals surface area (Å²) in [7, 11) is 0. The van der Waals surface area contributed by atoms with Crippen LogP contribution in [0.4, 0.5) is 0 Å². The Balaban J connectivity index is 1.76. The van der Waals surface area contributed by atoms with Crippen molar-refractivity contribution in [1.29, 1.82) is 0 Å². The van der Waals surface area contributed by atoms with Crippen LogP contribution in [0.1, 0.15) is 45.4 Å².